The smallest absolute Gasteiger partial charge is 0.253 e. The van der Waals surface area contributed by atoms with E-state index in [-0.39, 0.29) is 30.0 Å². The van der Waals surface area contributed by atoms with Gasteiger partial charge in [-0.2, -0.15) is 5.10 Å². The topological polar surface area (TPSA) is 105 Å². The van der Waals surface area contributed by atoms with Gasteiger partial charge in [0.05, 0.1) is 18.4 Å². The van der Waals surface area contributed by atoms with E-state index in [1.54, 1.807) is 6.20 Å². The summed E-state index contributed by atoms with van der Waals surface area (Å²) >= 11 is 0. The predicted octanol–water partition coefficient (Wildman–Crippen LogP) is 2.98. The van der Waals surface area contributed by atoms with Crippen LogP contribution in [-0.2, 0) is 18.3 Å². The minimum Gasteiger partial charge on any atom is -0.375 e. The Morgan fingerprint density at radius 3 is 2.76 bits per heavy atom. The monoisotopic (exact) mass is 502 g/mol. The van der Waals surface area contributed by atoms with Crippen LogP contribution in [0.4, 0.5) is 0 Å². The van der Waals surface area contributed by atoms with Gasteiger partial charge in [-0.05, 0) is 56.2 Å². The summed E-state index contributed by atoms with van der Waals surface area (Å²) < 4.78 is 10.1. The molecule has 0 bridgehead atoms. The number of aromatic amines is 1. The highest BCUT2D eigenvalue weighted by Crippen LogP contribution is 2.32. The number of amides is 1. The molecule has 2 unspecified atom stereocenters. The molecule has 0 saturated carbocycles. The molecule has 2 atom stereocenters. The van der Waals surface area contributed by atoms with Crippen LogP contribution >= 0.6 is 0 Å². The molecule has 194 valence electrons. The second kappa shape index (κ2) is 9.99. The van der Waals surface area contributed by atoms with E-state index < -0.39 is 0 Å². The molecule has 37 heavy (non-hydrogen) atoms. The molecule has 1 fully saturated rings. The normalized spacial score (nSPS) is 16.7. The number of fused-ring (bicyclic) bond motifs is 1. The van der Waals surface area contributed by atoms with Crippen molar-refractivity contribution in [2.45, 2.75) is 46.3 Å². The number of pyridine rings is 2. The van der Waals surface area contributed by atoms with Crippen LogP contribution in [0, 0.1) is 20.8 Å². The van der Waals surface area contributed by atoms with Crippen LogP contribution in [0.15, 0.2) is 41.5 Å². The first-order valence-electron chi connectivity index (χ1n) is 12.7. The lowest BCUT2D eigenvalue weighted by Crippen LogP contribution is -2.41. The lowest BCUT2D eigenvalue weighted by atomic mass is 9.92. The van der Waals surface area contributed by atoms with Gasteiger partial charge < -0.3 is 24.8 Å². The molecule has 5 heterocycles. The fraction of sp³-hybridized carbons (Fsp3) is 0.393. The molecule has 3 N–H and O–H groups in total. The van der Waals surface area contributed by atoms with Crippen molar-refractivity contribution in [1.82, 2.24) is 29.8 Å². The first kappa shape index (κ1) is 25.0. The molecule has 9 nitrogen and oxygen atoms in total. The number of ether oxygens (including phenoxy) is 1. The van der Waals surface area contributed by atoms with Gasteiger partial charge in [-0.15, -0.1) is 0 Å². The largest absolute Gasteiger partial charge is 0.375 e. The molecule has 1 aliphatic heterocycles. The number of morpholine rings is 1. The summed E-state index contributed by atoms with van der Waals surface area (Å²) in [4.78, 5) is 28.8. The fourth-order valence-electron chi connectivity index (χ4n) is 5.42. The molecule has 9 heteroatoms. The minimum absolute atomic E-state index is 0.00900. The summed E-state index contributed by atoms with van der Waals surface area (Å²) in [5, 5.41) is 10.7. The summed E-state index contributed by atoms with van der Waals surface area (Å²) in [7, 11) is 1.92. The van der Waals surface area contributed by atoms with Crippen molar-refractivity contribution in [3.63, 3.8) is 0 Å². The Hall–Kier alpha value is -3.69. The van der Waals surface area contributed by atoms with E-state index in [1.165, 1.54) is 0 Å². The van der Waals surface area contributed by atoms with Gasteiger partial charge in [0.15, 0.2) is 0 Å². The van der Waals surface area contributed by atoms with Crippen LogP contribution in [0.25, 0.3) is 16.8 Å². The number of H-pyrrole nitrogens is 1. The molecule has 0 radical (unpaired) electrons. The third-order valence-corrected chi connectivity index (χ3v) is 7.42. The van der Waals surface area contributed by atoms with E-state index in [9.17, 15) is 9.59 Å². The summed E-state index contributed by atoms with van der Waals surface area (Å²) in [6.07, 6.45) is 3.88. The van der Waals surface area contributed by atoms with Gasteiger partial charge in [-0.3, -0.25) is 14.3 Å². The number of hydrogen-bond acceptors (Lipinski definition) is 5. The summed E-state index contributed by atoms with van der Waals surface area (Å²) in [6.45, 7) is 10.3. The molecule has 5 rings (SSSR count). The number of hydrogen-bond donors (Lipinski definition) is 3. The van der Waals surface area contributed by atoms with Crippen molar-refractivity contribution in [1.29, 1.82) is 0 Å². The van der Waals surface area contributed by atoms with Gasteiger partial charge in [0.1, 0.15) is 0 Å². The van der Waals surface area contributed by atoms with Crippen LogP contribution in [-0.4, -0.2) is 50.9 Å². The van der Waals surface area contributed by atoms with Gasteiger partial charge in [0, 0.05) is 78.6 Å². The van der Waals surface area contributed by atoms with Gasteiger partial charge in [0.25, 0.3) is 11.5 Å². The predicted molar refractivity (Wildman–Crippen MR) is 143 cm³/mol. The third kappa shape index (κ3) is 4.72. The average Bonchev–Trinajstić information content (AvgIpc) is 3.48. The summed E-state index contributed by atoms with van der Waals surface area (Å²) in [5.41, 5.74) is 7.51. The molecular formula is C28H34N6O3. The molecule has 4 aromatic heterocycles. The quantitative estimate of drug-likeness (QED) is 0.376. The Labute approximate surface area is 215 Å². The van der Waals surface area contributed by atoms with E-state index in [0.717, 1.165) is 52.4 Å². The van der Waals surface area contributed by atoms with Crippen LogP contribution in [0.2, 0.25) is 0 Å². The number of aryl methyl sites for hydroxylation is 3. The number of carbonyl (C=O) groups is 1. The molecule has 0 spiro atoms. The Balaban J connectivity index is 1.56. The van der Waals surface area contributed by atoms with Crippen molar-refractivity contribution in [3.8, 4) is 11.3 Å². The molecule has 1 amide bonds. The zero-order chi connectivity index (χ0) is 26.3. The third-order valence-electron chi connectivity index (χ3n) is 7.42. The Kier molecular flexibility index (Phi) is 6.74. The zero-order valence-electron chi connectivity index (χ0n) is 22.0. The van der Waals surface area contributed by atoms with Crippen LogP contribution in [0.5, 0.6) is 0 Å². The summed E-state index contributed by atoms with van der Waals surface area (Å²) in [5.74, 6) is -0.171. The first-order chi connectivity index (χ1) is 17.7. The van der Waals surface area contributed by atoms with Crippen LogP contribution in [0.1, 0.15) is 51.3 Å². The van der Waals surface area contributed by atoms with Crippen molar-refractivity contribution >= 4 is 11.4 Å². The second-order valence-corrected chi connectivity index (χ2v) is 9.96. The lowest BCUT2D eigenvalue weighted by Gasteiger charge is -2.31. The summed E-state index contributed by atoms with van der Waals surface area (Å²) in [6, 6.07) is 7.90. The average molecular weight is 503 g/mol. The van der Waals surface area contributed by atoms with Crippen molar-refractivity contribution < 1.29 is 9.53 Å². The highest BCUT2D eigenvalue weighted by atomic mass is 16.5. The molecule has 4 aromatic rings. The molecule has 0 aromatic carbocycles. The van der Waals surface area contributed by atoms with Crippen LogP contribution in [0.3, 0.4) is 0 Å². The number of aromatic nitrogens is 4. The Morgan fingerprint density at radius 2 is 2.08 bits per heavy atom. The van der Waals surface area contributed by atoms with Crippen molar-refractivity contribution in [3.05, 3.63) is 80.7 Å². The van der Waals surface area contributed by atoms with Crippen molar-refractivity contribution in [2.24, 2.45) is 7.05 Å². The zero-order valence-corrected chi connectivity index (χ0v) is 22.0. The van der Waals surface area contributed by atoms with Crippen LogP contribution < -0.4 is 16.2 Å². The second-order valence-electron chi connectivity index (χ2n) is 9.96. The highest BCUT2D eigenvalue weighted by Gasteiger charge is 2.28. The number of carbonyl (C=O) groups excluding carboxylic acids is 1. The van der Waals surface area contributed by atoms with Gasteiger partial charge in [-0.25, -0.2) is 0 Å². The van der Waals surface area contributed by atoms with Crippen molar-refractivity contribution in [2.75, 3.05) is 19.7 Å². The first-order valence-corrected chi connectivity index (χ1v) is 12.7. The lowest BCUT2D eigenvalue weighted by molar-refractivity contribution is 0.0135. The number of nitrogens with zero attached hydrogens (tertiary/aromatic N) is 3. The van der Waals surface area contributed by atoms with Gasteiger partial charge in [0.2, 0.25) is 0 Å². The van der Waals surface area contributed by atoms with Gasteiger partial charge in [-0.1, -0.05) is 6.92 Å². The molecular weight excluding hydrogens is 468 g/mol. The molecule has 1 saturated heterocycles. The van der Waals surface area contributed by atoms with E-state index in [1.807, 2.05) is 50.7 Å². The fourth-order valence-corrected chi connectivity index (χ4v) is 5.42. The molecule has 1 aliphatic rings. The number of rotatable bonds is 6. The van der Waals surface area contributed by atoms with E-state index in [0.29, 0.717) is 17.7 Å². The maximum absolute atomic E-state index is 13.5. The molecule has 0 aliphatic carbocycles. The van der Waals surface area contributed by atoms with E-state index >= 15 is 0 Å². The maximum Gasteiger partial charge on any atom is 0.253 e. The highest BCUT2D eigenvalue weighted by molar-refractivity contribution is 5.97. The Bertz CT molecular complexity index is 1520. The maximum atomic E-state index is 13.5. The van der Waals surface area contributed by atoms with Gasteiger partial charge >= 0.3 is 0 Å². The SMILES string of the molecule is Cc1cc(C)c(CNC(=O)c2cc3cc(-c4ccnn4C)cn3c(C(C)C3CNCCO3)c2C)c(=O)[nH]1. The minimum atomic E-state index is -0.209. The van der Waals surface area contributed by atoms with E-state index in [2.05, 4.69) is 44.3 Å². The Morgan fingerprint density at radius 1 is 1.27 bits per heavy atom. The standard InChI is InChI=1S/C28H34N6O3/c1-16-10-17(2)32-28(36)23(16)13-30-27(35)22-12-21-11-20(24-6-7-31-33(24)5)15-34(21)26(18(22)3)19(4)25-14-29-8-9-37-25/h6-7,10-12,15,19,25,29H,8-9,13-14H2,1-5H3,(H,30,35)(H,32,36). The number of nitrogens with one attached hydrogen (secondary N) is 3. The van der Waals surface area contributed by atoms with E-state index in [4.69, 9.17) is 4.74 Å².